The van der Waals surface area contributed by atoms with Gasteiger partial charge in [-0.2, -0.15) is 0 Å². The summed E-state index contributed by atoms with van der Waals surface area (Å²) >= 11 is 0. The lowest BCUT2D eigenvalue weighted by atomic mass is 10.2. The fraction of sp³-hybridized carbons (Fsp3) is 0.381. The molecule has 2 amide bonds. The minimum atomic E-state index is 0.0219. The van der Waals surface area contributed by atoms with E-state index in [1.54, 1.807) is 0 Å². The number of benzene rings is 2. The van der Waals surface area contributed by atoms with Crippen molar-refractivity contribution in [2.24, 2.45) is 0 Å². The van der Waals surface area contributed by atoms with E-state index in [9.17, 15) is 4.79 Å². The zero-order valence-corrected chi connectivity index (χ0v) is 15.4. The van der Waals surface area contributed by atoms with Crippen LogP contribution in [-0.2, 0) is 0 Å². The summed E-state index contributed by atoms with van der Waals surface area (Å²) in [6, 6.07) is 18.4. The molecule has 0 aromatic heterocycles. The first-order valence-corrected chi connectivity index (χ1v) is 9.25. The molecule has 0 bridgehead atoms. The molecule has 0 radical (unpaired) electrons. The normalized spacial score (nSPS) is 14.2. The first-order chi connectivity index (χ1) is 12.7. The number of amides is 2. The number of nitrogens with one attached hydrogen (secondary N) is 1. The number of para-hydroxylation sites is 2. The Bertz CT molecular complexity index is 697. The van der Waals surface area contributed by atoms with E-state index in [1.165, 1.54) is 5.69 Å². The van der Waals surface area contributed by atoms with Gasteiger partial charge < -0.3 is 19.9 Å². The average molecular weight is 353 g/mol. The second-order valence-corrected chi connectivity index (χ2v) is 6.51. The molecule has 138 valence electrons. The summed E-state index contributed by atoms with van der Waals surface area (Å²) in [6.07, 6.45) is 0.796. The minimum absolute atomic E-state index is 0.0219. The predicted octanol–water partition coefficient (Wildman–Crippen LogP) is 3.30. The zero-order chi connectivity index (χ0) is 18.2. The van der Waals surface area contributed by atoms with Gasteiger partial charge in [0.2, 0.25) is 0 Å². The Morgan fingerprint density at radius 1 is 1.00 bits per heavy atom. The molecule has 3 rings (SSSR count). The van der Waals surface area contributed by atoms with Gasteiger partial charge in [0.25, 0.3) is 0 Å². The molecule has 0 saturated carbocycles. The Hall–Kier alpha value is -2.69. The van der Waals surface area contributed by atoms with Gasteiger partial charge in [-0.3, -0.25) is 0 Å². The topological polar surface area (TPSA) is 44.8 Å². The lowest BCUT2D eigenvalue weighted by Crippen LogP contribution is -2.52. The number of nitrogens with zero attached hydrogens (tertiary/aromatic N) is 2. The smallest absolute Gasteiger partial charge is 0.317 e. The van der Waals surface area contributed by atoms with Crippen LogP contribution in [0, 0.1) is 6.92 Å². The Balaban J connectivity index is 1.33. The monoisotopic (exact) mass is 353 g/mol. The summed E-state index contributed by atoms with van der Waals surface area (Å²) in [4.78, 5) is 16.5. The third kappa shape index (κ3) is 4.91. The van der Waals surface area contributed by atoms with Crippen LogP contribution < -0.4 is 15.0 Å². The summed E-state index contributed by atoms with van der Waals surface area (Å²) in [5, 5.41) is 3.00. The van der Waals surface area contributed by atoms with Crippen LogP contribution in [0.3, 0.4) is 0 Å². The highest BCUT2D eigenvalue weighted by molar-refractivity contribution is 5.74. The summed E-state index contributed by atoms with van der Waals surface area (Å²) < 4.78 is 5.76. The van der Waals surface area contributed by atoms with E-state index in [1.807, 2.05) is 54.3 Å². The summed E-state index contributed by atoms with van der Waals surface area (Å²) in [5.74, 6) is 0.913. The second-order valence-electron chi connectivity index (χ2n) is 6.51. The third-order valence-electron chi connectivity index (χ3n) is 4.64. The fourth-order valence-corrected chi connectivity index (χ4v) is 3.09. The number of anilines is 1. The summed E-state index contributed by atoms with van der Waals surface area (Å²) in [5.41, 5.74) is 2.36. The van der Waals surface area contributed by atoms with Gasteiger partial charge in [-0.15, -0.1) is 0 Å². The van der Waals surface area contributed by atoms with Crippen molar-refractivity contribution in [3.8, 4) is 5.75 Å². The molecule has 1 aliphatic heterocycles. The molecule has 5 heteroatoms. The quantitative estimate of drug-likeness (QED) is 0.811. The fourth-order valence-electron chi connectivity index (χ4n) is 3.09. The number of urea groups is 1. The SMILES string of the molecule is Cc1ccccc1OCCCNC(=O)N1CCN(c2ccccc2)CC1. The van der Waals surface area contributed by atoms with Crippen LogP contribution in [0.2, 0.25) is 0 Å². The van der Waals surface area contributed by atoms with E-state index in [0.717, 1.165) is 43.9 Å². The third-order valence-corrected chi connectivity index (χ3v) is 4.64. The van der Waals surface area contributed by atoms with Gasteiger partial charge in [-0.25, -0.2) is 4.79 Å². The number of piperazine rings is 1. The van der Waals surface area contributed by atoms with E-state index >= 15 is 0 Å². The zero-order valence-electron chi connectivity index (χ0n) is 15.4. The highest BCUT2D eigenvalue weighted by Gasteiger charge is 2.20. The molecule has 0 aliphatic carbocycles. The molecule has 1 N–H and O–H groups in total. The van der Waals surface area contributed by atoms with Crippen LogP contribution in [0.25, 0.3) is 0 Å². The lowest BCUT2D eigenvalue weighted by Gasteiger charge is -2.36. The van der Waals surface area contributed by atoms with E-state index in [4.69, 9.17) is 4.74 Å². The van der Waals surface area contributed by atoms with Crippen molar-refractivity contribution in [3.63, 3.8) is 0 Å². The molecule has 0 atom stereocenters. The number of ether oxygens (including phenoxy) is 1. The van der Waals surface area contributed by atoms with Crippen LogP contribution in [-0.4, -0.2) is 50.3 Å². The van der Waals surface area contributed by atoms with Gasteiger partial charge in [-0.05, 0) is 37.1 Å². The molecule has 1 aliphatic rings. The largest absolute Gasteiger partial charge is 0.493 e. The Morgan fingerprint density at radius 3 is 2.42 bits per heavy atom. The first kappa shape index (κ1) is 18.1. The number of carbonyl (C=O) groups excluding carboxylic acids is 1. The van der Waals surface area contributed by atoms with Crippen LogP contribution >= 0.6 is 0 Å². The van der Waals surface area contributed by atoms with Crippen LogP contribution in [0.4, 0.5) is 10.5 Å². The molecule has 1 fully saturated rings. The van der Waals surface area contributed by atoms with Crippen molar-refractivity contribution >= 4 is 11.7 Å². The standard InChI is InChI=1S/C21H27N3O2/c1-18-8-5-6-11-20(18)26-17-7-12-22-21(25)24-15-13-23(14-16-24)19-9-3-2-4-10-19/h2-6,8-11H,7,12-17H2,1H3,(H,22,25). The van der Waals surface area contributed by atoms with Gasteiger partial charge >= 0.3 is 6.03 Å². The lowest BCUT2D eigenvalue weighted by molar-refractivity contribution is 0.193. The Kier molecular flexibility index (Phi) is 6.36. The number of carbonyl (C=O) groups is 1. The molecule has 5 nitrogen and oxygen atoms in total. The molecule has 1 heterocycles. The van der Waals surface area contributed by atoms with E-state index in [0.29, 0.717) is 13.2 Å². The van der Waals surface area contributed by atoms with E-state index in [-0.39, 0.29) is 6.03 Å². The maximum atomic E-state index is 12.3. The second kappa shape index (κ2) is 9.13. The maximum Gasteiger partial charge on any atom is 0.317 e. The molecule has 2 aromatic carbocycles. The van der Waals surface area contributed by atoms with Crippen LogP contribution in [0.15, 0.2) is 54.6 Å². The Morgan fingerprint density at radius 2 is 1.69 bits per heavy atom. The van der Waals surface area contributed by atoms with Gasteiger partial charge in [0.1, 0.15) is 5.75 Å². The predicted molar refractivity (Wildman–Crippen MR) is 105 cm³/mol. The van der Waals surface area contributed by atoms with Crippen molar-refractivity contribution in [3.05, 3.63) is 60.2 Å². The molecule has 0 unspecified atom stereocenters. The number of rotatable bonds is 6. The van der Waals surface area contributed by atoms with Gasteiger partial charge in [0.05, 0.1) is 6.61 Å². The van der Waals surface area contributed by atoms with Crippen molar-refractivity contribution < 1.29 is 9.53 Å². The number of hydrogen-bond donors (Lipinski definition) is 1. The molecular formula is C21H27N3O2. The highest BCUT2D eigenvalue weighted by atomic mass is 16.5. The summed E-state index contributed by atoms with van der Waals surface area (Å²) in [7, 11) is 0. The molecule has 2 aromatic rings. The van der Waals surface area contributed by atoms with Crippen LogP contribution in [0.5, 0.6) is 5.75 Å². The summed E-state index contributed by atoms with van der Waals surface area (Å²) in [6.45, 7) is 6.51. The molecule has 26 heavy (non-hydrogen) atoms. The molecular weight excluding hydrogens is 326 g/mol. The van der Waals surface area contributed by atoms with Gasteiger partial charge in [0, 0.05) is 38.4 Å². The average Bonchev–Trinajstić information content (AvgIpc) is 2.70. The maximum absolute atomic E-state index is 12.3. The van der Waals surface area contributed by atoms with Crippen molar-refractivity contribution in [2.45, 2.75) is 13.3 Å². The molecule has 1 saturated heterocycles. The van der Waals surface area contributed by atoms with Gasteiger partial charge in [0.15, 0.2) is 0 Å². The molecule has 0 spiro atoms. The van der Waals surface area contributed by atoms with Crippen LogP contribution in [0.1, 0.15) is 12.0 Å². The highest BCUT2D eigenvalue weighted by Crippen LogP contribution is 2.16. The number of hydrogen-bond acceptors (Lipinski definition) is 3. The van der Waals surface area contributed by atoms with Crippen molar-refractivity contribution in [1.82, 2.24) is 10.2 Å². The van der Waals surface area contributed by atoms with E-state index in [2.05, 4.69) is 22.3 Å². The number of aryl methyl sites for hydroxylation is 1. The first-order valence-electron chi connectivity index (χ1n) is 9.25. The van der Waals surface area contributed by atoms with Crippen molar-refractivity contribution in [1.29, 1.82) is 0 Å². The van der Waals surface area contributed by atoms with E-state index < -0.39 is 0 Å². The minimum Gasteiger partial charge on any atom is -0.493 e. The van der Waals surface area contributed by atoms with Crippen molar-refractivity contribution in [2.75, 3.05) is 44.2 Å². The Labute approximate surface area is 155 Å². The van der Waals surface area contributed by atoms with Gasteiger partial charge in [-0.1, -0.05) is 36.4 Å².